The Hall–Kier alpha value is -1.56. The second-order valence-corrected chi connectivity index (χ2v) is 11.3. The maximum absolute atomic E-state index is 13.9. The van der Waals surface area contributed by atoms with Crippen LogP contribution >= 0.6 is 11.6 Å². The Bertz CT molecular complexity index is 640. The first-order valence-electron chi connectivity index (χ1n) is 7.60. The molecule has 1 unspecified atom stereocenters. The molecule has 0 aliphatic heterocycles. The molecule has 0 aromatic heterocycles. The van der Waals surface area contributed by atoms with Gasteiger partial charge in [0.1, 0.15) is 0 Å². The summed E-state index contributed by atoms with van der Waals surface area (Å²) in [5.41, 5.74) is 1.89. The molecule has 0 spiro atoms. The van der Waals surface area contributed by atoms with Crippen LogP contribution in [0.2, 0.25) is 19.6 Å². The van der Waals surface area contributed by atoms with E-state index in [2.05, 4.69) is 4.99 Å². The topological polar surface area (TPSA) is 21.6 Å². The second-order valence-electron chi connectivity index (χ2n) is 6.33. The Morgan fingerprint density at radius 3 is 1.71 bits per heavy atom. The van der Waals surface area contributed by atoms with E-state index in [0.29, 0.717) is 5.71 Å². The highest BCUT2D eigenvalue weighted by Crippen LogP contribution is 2.30. The van der Waals surface area contributed by atoms with Crippen LogP contribution in [-0.4, -0.2) is 25.6 Å². The highest BCUT2D eigenvalue weighted by atomic mass is 35.5. The van der Waals surface area contributed by atoms with Crippen LogP contribution in [0, 0.1) is 0 Å². The zero-order chi connectivity index (χ0) is 17.8. The van der Waals surface area contributed by atoms with Crippen molar-refractivity contribution in [3.63, 3.8) is 0 Å². The summed E-state index contributed by atoms with van der Waals surface area (Å²) in [4.78, 5) is 4.22. The molecule has 0 amide bonds. The van der Waals surface area contributed by atoms with E-state index in [1.165, 1.54) is 0 Å². The van der Waals surface area contributed by atoms with Gasteiger partial charge in [0, 0.05) is 11.1 Å². The third-order valence-corrected chi connectivity index (χ3v) is 4.20. The molecule has 0 fully saturated rings. The summed E-state index contributed by atoms with van der Waals surface area (Å²) in [5, 5.41) is -3.59. The number of hydrogen-bond donors (Lipinski definition) is 0. The fourth-order valence-electron chi connectivity index (χ4n) is 2.13. The molecule has 6 heteroatoms. The van der Waals surface area contributed by atoms with Gasteiger partial charge in [0.05, 0.1) is 5.71 Å². The molecule has 2 nitrogen and oxygen atoms in total. The van der Waals surface area contributed by atoms with E-state index in [0.717, 1.165) is 11.1 Å². The summed E-state index contributed by atoms with van der Waals surface area (Å²) >= 11 is 5.28. The number of aliphatic imine (C=N–C) groups is 1. The van der Waals surface area contributed by atoms with Crippen molar-refractivity contribution in [1.82, 2.24) is 0 Å². The predicted molar refractivity (Wildman–Crippen MR) is 97.5 cm³/mol. The number of alkyl halides is 3. The fraction of sp³-hybridized carbons (Fsp3) is 0.278. The average molecular weight is 368 g/mol. The molecule has 0 aliphatic carbocycles. The minimum Gasteiger partial charge on any atom is -0.391 e. The number of hydrogen-bond acceptors (Lipinski definition) is 2. The number of rotatable bonds is 6. The smallest absolute Gasteiger partial charge is 0.366 e. The van der Waals surface area contributed by atoms with Crippen LogP contribution in [0.4, 0.5) is 8.78 Å². The Balaban J connectivity index is 2.54. The van der Waals surface area contributed by atoms with Crippen LogP contribution in [-0.2, 0) is 4.43 Å². The van der Waals surface area contributed by atoms with Gasteiger partial charge in [0.2, 0.25) is 6.23 Å². The molecule has 24 heavy (non-hydrogen) atoms. The minimum atomic E-state index is -3.59. The van der Waals surface area contributed by atoms with Crippen molar-refractivity contribution in [3.05, 3.63) is 71.8 Å². The summed E-state index contributed by atoms with van der Waals surface area (Å²) < 4.78 is 33.3. The molecule has 0 saturated carbocycles. The zero-order valence-electron chi connectivity index (χ0n) is 13.8. The first-order chi connectivity index (χ1) is 11.2. The van der Waals surface area contributed by atoms with Crippen molar-refractivity contribution in [2.24, 2.45) is 4.99 Å². The van der Waals surface area contributed by atoms with Gasteiger partial charge in [-0.1, -0.05) is 60.7 Å². The first kappa shape index (κ1) is 18.8. The maximum Gasteiger partial charge on any atom is 0.366 e. The van der Waals surface area contributed by atoms with Crippen LogP contribution in [0.1, 0.15) is 11.1 Å². The number of halogens is 3. The molecule has 0 N–H and O–H groups in total. The van der Waals surface area contributed by atoms with Crippen molar-refractivity contribution < 1.29 is 13.2 Å². The lowest BCUT2D eigenvalue weighted by molar-refractivity contribution is -0.0250. The summed E-state index contributed by atoms with van der Waals surface area (Å²) in [7, 11) is -2.27. The molecule has 2 rings (SSSR count). The maximum atomic E-state index is 13.9. The first-order valence-corrected chi connectivity index (χ1v) is 11.4. The van der Waals surface area contributed by atoms with Crippen molar-refractivity contribution in [2.75, 3.05) is 0 Å². The fourth-order valence-corrected chi connectivity index (χ4v) is 3.16. The highest BCUT2D eigenvalue weighted by Gasteiger charge is 2.41. The van der Waals surface area contributed by atoms with E-state index in [-0.39, 0.29) is 0 Å². The van der Waals surface area contributed by atoms with Crippen LogP contribution in [0.3, 0.4) is 0 Å². The summed E-state index contributed by atoms with van der Waals surface area (Å²) in [6.07, 6.45) is -1.73. The van der Waals surface area contributed by atoms with Gasteiger partial charge < -0.3 is 4.43 Å². The molecule has 0 radical (unpaired) electrons. The molecule has 0 bridgehead atoms. The van der Waals surface area contributed by atoms with Crippen LogP contribution in [0.15, 0.2) is 65.7 Å². The Morgan fingerprint density at radius 1 is 0.958 bits per heavy atom. The Kier molecular flexibility index (Phi) is 5.90. The standard InChI is InChI=1S/C18H20ClF2NOSi/c1-24(2,3)23-17(18(19,20)21)22-16(14-10-6-4-7-11-14)15-12-8-5-9-13-15/h4-13,17H,1-3H3. The molecule has 1 atom stereocenters. The van der Waals surface area contributed by atoms with Gasteiger partial charge in [0.15, 0.2) is 8.32 Å². The molecule has 2 aromatic carbocycles. The lowest BCUT2D eigenvalue weighted by Gasteiger charge is -2.27. The van der Waals surface area contributed by atoms with E-state index in [1.807, 2.05) is 80.3 Å². The molecule has 0 heterocycles. The molecular formula is C18H20ClF2NOSi. The van der Waals surface area contributed by atoms with E-state index < -0.39 is 19.9 Å². The molecule has 0 aliphatic rings. The Morgan fingerprint density at radius 2 is 1.38 bits per heavy atom. The van der Waals surface area contributed by atoms with Crippen molar-refractivity contribution in [3.8, 4) is 0 Å². The van der Waals surface area contributed by atoms with Crippen molar-refractivity contribution in [2.45, 2.75) is 31.3 Å². The third-order valence-electron chi connectivity index (χ3n) is 3.09. The van der Waals surface area contributed by atoms with E-state index in [4.69, 9.17) is 16.0 Å². The van der Waals surface area contributed by atoms with Gasteiger partial charge >= 0.3 is 5.38 Å². The normalized spacial score (nSPS) is 13.4. The lowest BCUT2D eigenvalue weighted by Crippen LogP contribution is -2.39. The number of nitrogens with zero attached hydrogens (tertiary/aromatic N) is 1. The predicted octanol–water partition coefficient (Wildman–Crippen LogP) is 5.53. The summed E-state index contributed by atoms with van der Waals surface area (Å²) in [5.74, 6) is 0. The quantitative estimate of drug-likeness (QED) is 0.373. The van der Waals surface area contributed by atoms with E-state index in [1.54, 1.807) is 0 Å². The molecule has 128 valence electrons. The lowest BCUT2D eigenvalue weighted by atomic mass is 10.0. The van der Waals surface area contributed by atoms with Crippen LogP contribution < -0.4 is 0 Å². The molecule has 0 saturated heterocycles. The number of benzene rings is 2. The molecular weight excluding hydrogens is 348 g/mol. The van der Waals surface area contributed by atoms with Crippen LogP contribution in [0.5, 0.6) is 0 Å². The highest BCUT2D eigenvalue weighted by molar-refractivity contribution is 6.69. The van der Waals surface area contributed by atoms with Crippen LogP contribution in [0.25, 0.3) is 0 Å². The second kappa shape index (κ2) is 7.55. The summed E-state index contributed by atoms with van der Waals surface area (Å²) in [6.45, 7) is 5.47. The third kappa shape index (κ3) is 5.51. The van der Waals surface area contributed by atoms with Gasteiger partial charge in [-0.05, 0) is 31.2 Å². The summed E-state index contributed by atoms with van der Waals surface area (Å²) in [6, 6.07) is 18.3. The van der Waals surface area contributed by atoms with Gasteiger partial charge in [-0.15, -0.1) is 0 Å². The molecule has 2 aromatic rings. The minimum absolute atomic E-state index is 0.430. The average Bonchev–Trinajstić information content (AvgIpc) is 2.51. The Labute approximate surface area is 147 Å². The van der Waals surface area contributed by atoms with Crippen molar-refractivity contribution in [1.29, 1.82) is 0 Å². The van der Waals surface area contributed by atoms with Gasteiger partial charge in [0.25, 0.3) is 0 Å². The SMILES string of the molecule is C[Si](C)(C)OC(N=C(c1ccccc1)c1ccccc1)C(F)(F)Cl. The van der Waals surface area contributed by atoms with Gasteiger partial charge in [-0.25, -0.2) is 4.99 Å². The van der Waals surface area contributed by atoms with Gasteiger partial charge in [-0.2, -0.15) is 8.78 Å². The van der Waals surface area contributed by atoms with Gasteiger partial charge in [-0.3, -0.25) is 0 Å². The van der Waals surface area contributed by atoms with E-state index in [9.17, 15) is 8.78 Å². The zero-order valence-corrected chi connectivity index (χ0v) is 15.6. The van der Waals surface area contributed by atoms with Crippen molar-refractivity contribution >= 4 is 25.6 Å². The van der Waals surface area contributed by atoms with E-state index >= 15 is 0 Å². The largest absolute Gasteiger partial charge is 0.391 e. The monoisotopic (exact) mass is 367 g/mol.